The highest BCUT2D eigenvalue weighted by molar-refractivity contribution is 6.30. The Hall–Kier alpha value is -2.32. The molecule has 1 aromatic rings. The third-order valence-electron chi connectivity index (χ3n) is 7.18. The second-order valence-corrected chi connectivity index (χ2v) is 10.7. The summed E-state index contributed by atoms with van der Waals surface area (Å²) in [7, 11) is 0. The molecule has 2 fully saturated rings. The maximum Gasteiger partial charge on any atom is 0.314 e. The van der Waals surface area contributed by atoms with Crippen molar-refractivity contribution in [1.82, 2.24) is 15.1 Å². The van der Waals surface area contributed by atoms with E-state index in [9.17, 15) is 19.5 Å². The third-order valence-corrected chi connectivity index (χ3v) is 7.44. The molecule has 2 heterocycles. The fourth-order valence-corrected chi connectivity index (χ4v) is 5.05. The number of amides is 4. The number of carbonyl (C=O) groups is 3. The van der Waals surface area contributed by atoms with Gasteiger partial charge in [0, 0.05) is 36.6 Å². The summed E-state index contributed by atoms with van der Waals surface area (Å²) in [5.41, 5.74) is 4.37. The van der Waals surface area contributed by atoms with Crippen LogP contribution in [0.15, 0.2) is 24.3 Å². The van der Waals surface area contributed by atoms with Crippen molar-refractivity contribution in [2.75, 3.05) is 26.2 Å². The minimum absolute atomic E-state index is 0.115. The van der Waals surface area contributed by atoms with Gasteiger partial charge in [0.15, 0.2) is 0 Å². The standard InChI is InChI=1S/C24H35ClN4O4/c1-15(2)19(27-20(30)16-9-11-28(13-16)22(26)32)21(31)29-12-10-24(33,23(3,4)14-29)17-5-7-18(25)8-6-17/h5-8,15-16,19,33H,9-14H2,1-4H3,(H2,26,32)(H,27,30). The summed E-state index contributed by atoms with van der Waals surface area (Å²) in [6, 6.07) is 5.96. The van der Waals surface area contributed by atoms with Crippen LogP contribution in [0.5, 0.6) is 0 Å². The topological polar surface area (TPSA) is 116 Å². The van der Waals surface area contributed by atoms with Crippen LogP contribution < -0.4 is 11.1 Å². The highest BCUT2D eigenvalue weighted by atomic mass is 35.5. The van der Waals surface area contributed by atoms with Gasteiger partial charge < -0.3 is 26.0 Å². The number of nitrogens with one attached hydrogen (secondary N) is 1. The Balaban J connectivity index is 1.70. The SMILES string of the molecule is CC(C)C(NC(=O)C1CCN(C(N)=O)C1)C(=O)N1CCC(O)(c2ccc(Cl)cc2)C(C)(C)C1. The lowest BCUT2D eigenvalue weighted by atomic mass is 9.66. The molecule has 0 aromatic heterocycles. The monoisotopic (exact) mass is 478 g/mol. The average Bonchev–Trinajstić information content (AvgIpc) is 3.24. The summed E-state index contributed by atoms with van der Waals surface area (Å²) in [4.78, 5) is 40.9. The minimum Gasteiger partial charge on any atom is -0.384 e. The summed E-state index contributed by atoms with van der Waals surface area (Å²) < 4.78 is 0. The van der Waals surface area contributed by atoms with E-state index >= 15 is 0 Å². The Morgan fingerprint density at radius 2 is 1.79 bits per heavy atom. The first-order chi connectivity index (χ1) is 15.4. The number of carbonyl (C=O) groups excluding carboxylic acids is 3. The normalized spacial score (nSPS) is 25.7. The summed E-state index contributed by atoms with van der Waals surface area (Å²) in [5, 5.41) is 15.1. The summed E-state index contributed by atoms with van der Waals surface area (Å²) in [6.45, 7) is 9.12. The number of nitrogens with zero attached hydrogens (tertiary/aromatic N) is 2. The van der Waals surface area contributed by atoms with Crippen LogP contribution in [0.3, 0.4) is 0 Å². The number of primary amides is 1. The van der Waals surface area contributed by atoms with Gasteiger partial charge in [-0.25, -0.2) is 4.79 Å². The average molecular weight is 479 g/mol. The molecule has 2 saturated heterocycles. The number of benzene rings is 1. The molecule has 4 amide bonds. The van der Waals surface area contributed by atoms with Crippen molar-refractivity contribution in [1.29, 1.82) is 0 Å². The predicted molar refractivity (Wildman–Crippen MR) is 126 cm³/mol. The van der Waals surface area contributed by atoms with E-state index in [1.165, 1.54) is 4.90 Å². The van der Waals surface area contributed by atoms with Gasteiger partial charge in [-0.2, -0.15) is 0 Å². The Labute approximate surface area is 200 Å². The molecule has 9 heteroatoms. The molecule has 4 N–H and O–H groups in total. The first kappa shape index (κ1) is 25.3. The zero-order chi connectivity index (χ0) is 24.6. The Morgan fingerprint density at radius 1 is 1.15 bits per heavy atom. The molecule has 0 aliphatic carbocycles. The zero-order valence-electron chi connectivity index (χ0n) is 19.8. The molecule has 0 bridgehead atoms. The maximum atomic E-state index is 13.5. The maximum absolute atomic E-state index is 13.5. The van der Waals surface area contributed by atoms with E-state index in [-0.39, 0.29) is 30.2 Å². The molecular weight excluding hydrogens is 444 g/mol. The highest BCUT2D eigenvalue weighted by Crippen LogP contribution is 2.46. The number of hydrogen-bond acceptors (Lipinski definition) is 4. The van der Waals surface area contributed by atoms with Crippen molar-refractivity contribution < 1.29 is 19.5 Å². The van der Waals surface area contributed by atoms with E-state index in [0.29, 0.717) is 37.5 Å². The fourth-order valence-electron chi connectivity index (χ4n) is 4.93. The van der Waals surface area contributed by atoms with Crippen molar-refractivity contribution in [2.45, 2.75) is 52.2 Å². The van der Waals surface area contributed by atoms with Gasteiger partial charge in [0.05, 0.1) is 11.5 Å². The van der Waals surface area contributed by atoms with E-state index in [4.69, 9.17) is 17.3 Å². The number of piperidine rings is 1. The van der Waals surface area contributed by atoms with Crippen LogP contribution in [0.2, 0.25) is 5.02 Å². The van der Waals surface area contributed by atoms with Gasteiger partial charge in [-0.05, 0) is 36.5 Å². The Bertz CT molecular complexity index is 904. The zero-order valence-corrected chi connectivity index (χ0v) is 20.6. The summed E-state index contributed by atoms with van der Waals surface area (Å²) in [5.74, 6) is -0.885. The minimum atomic E-state index is -1.10. The van der Waals surface area contributed by atoms with E-state index in [1.807, 2.05) is 39.8 Å². The molecule has 0 spiro atoms. The van der Waals surface area contributed by atoms with E-state index in [1.54, 1.807) is 17.0 Å². The molecule has 3 atom stereocenters. The van der Waals surface area contributed by atoms with Crippen molar-refractivity contribution in [2.24, 2.45) is 23.0 Å². The van der Waals surface area contributed by atoms with Crippen molar-refractivity contribution in [3.63, 3.8) is 0 Å². The van der Waals surface area contributed by atoms with Gasteiger partial charge in [-0.3, -0.25) is 9.59 Å². The molecule has 0 saturated carbocycles. The number of nitrogens with two attached hydrogens (primary N) is 1. The quantitative estimate of drug-likeness (QED) is 0.602. The number of rotatable bonds is 5. The predicted octanol–water partition coefficient (Wildman–Crippen LogP) is 2.33. The summed E-state index contributed by atoms with van der Waals surface area (Å²) >= 11 is 6.01. The first-order valence-electron chi connectivity index (χ1n) is 11.5. The molecule has 8 nitrogen and oxygen atoms in total. The lowest BCUT2D eigenvalue weighted by Crippen LogP contribution is -2.60. The van der Waals surface area contributed by atoms with Crippen LogP contribution in [0.25, 0.3) is 0 Å². The van der Waals surface area contributed by atoms with Gasteiger partial charge in [-0.1, -0.05) is 51.4 Å². The second kappa shape index (κ2) is 9.50. The van der Waals surface area contributed by atoms with Gasteiger partial charge >= 0.3 is 6.03 Å². The smallest absolute Gasteiger partial charge is 0.314 e. The molecule has 3 rings (SSSR count). The number of aliphatic hydroxyl groups is 1. The number of hydrogen-bond donors (Lipinski definition) is 3. The van der Waals surface area contributed by atoms with Crippen molar-refractivity contribution in [3.05, 3.63) is 34.9 Å². The van der Waals surface area contributed by atoms with Crippen LogP contribution in [0, 0.1) is 17.3 Å². The molecule has 33 heavy (non-hydrogen) atoms. The van der Waals surface area contributed by atoms with Gasteiger partial charge in [0.2, 0.25) is 11.8 Å². The Kier molecular flexibility index (Phi) is 7.29. The Morgan fingerprint density at radius 3 is 2.30 bits per heavy atom. The van der Waals surface area contributed by atoms with Crippen molar-refractivity contribution >= 4 is 29.4 Å². The van der Waals surface area contributed by atoms with E-state index < -0.39 is 23.1 Å². The molecule has 182 valence electrons. The molecule has 3 unspecified atom stereocenters. The van der Waals surface area contributed by atoms with Gasteiger partial charge in [-0.15, -0.1) is 0 Å². The highest BCUT2D eigenvalue weighted by Gasteiger charge is 2.50. The van der Waals surface area contributed by atoms with E-state index in [2.05, 4.69) is 5.32 Å². The van der Waals surface area contributed by atoms with Crippen LogP contribution >= 0.6 is 11.6 Å². The first-order valence-corrected chi connectivity index (χ1v) is 11.9. The molecule has 2 aliphatic rings. The van der Waals surface area contributed by atoms with Gasteiger partial charge in [0.1, 0.15) is 6.04 Å². The fraction of sp³-hybridized carbons (Fsp3) is 0.625. The second-order valence-electron chi connectivity index (χ2n) is 10.3. The lowest BCUT2D eigenvalue weighted by Gasteiger charge is -2.51. The molecule has 2 aliphatic heterocycles. The van der Waals surface area contributed by atoms with Crippen LogP contribution in [-0.2, 0) is 15.2 Å². The number of urea groups is 1. The number of halogens is 1. The number of likely N-dealkylation sites (tertiary alicyclic amines) is 2. The molecule has 1 aromatic carbocycles. The van der Waals surface area contributed by atoms with E-state index in [0.717, 1.165) is 5.56 Å². The molecule has 0 radical (unpaired) electrons. The van der Waals surface area contributed by atoms with Gasteiger partial charge in [0.25, 0.3) is 0 Å². The molecular formula is C24H35ClN4O4. The van der Waals surface area contributed by atoms with Crippen molar-refractivity contribution in [3.8, 4) is 0 Å². The largest absolute Gasteiger partial charge is 0.384 e. The van der Waals surface area contributed by atoms with Crippen LogP contribution in [-0.4, -0.2) is 65.0 Å². The third kappa shape index (κ3) is 5.11. The van der Waals surface area contributed by atoms with Crippen LogP contribution in [0.4, 0.5) is 4.79 Å². The summed E-state index contributed by atoms with van der Waals surface area (Å²) in [6.07, 6.45) is 0.904. The lowest BCUT2D eigenvalue weighted by molar-refractivity contribution is -0.157. The van der Waals surface area contributed by atoms with Crippen LogP contribution in [0.1, 0.15) is 46.1 Å².